The molecule has 10 heteroatoms. The number of aliphatic hydroxyl groups excluding tert-OH is 2. The molecule has 5 unspecified atom stereocenters. The second-order valence-electron chi connectivity index (χ2n) is 12.0. The van der Waals surface area contributed by atoms with Crippen molar-refractivity contribution < 1.29 is 29.3 Å². The highest BCUT2D eigenvalue weighted by molar-refractivity contribution is 6.04. The predicted molar refractivity (Wildman–Crippen MR) is 167 cm³/mol. The molecule has 0 aromatic heterocycles. The van der Waals surface area contributed by atoms with E-state index in [2.05, 4.69) is 21.3 Å². The van der Waals surface area contributed by atoms with Crippen molar-refractivity contribution >= 4 is 17.9 Å². The van der Waals surface area contributed by atoms with Gasteiger partial charge in [0.25, 0.3) is 5.91 Å². The van der Waals surface area contributed by atoms with E-state index < -0.39 is 47.9 Å². The van der Waals surface area contributed by atoms with Crippen molar-refractivity contribution in [1.82, 2.24) is 21.3 Å². The number of rotatable bonds is 13. The zero-order chi connectivity index (χ0) is 31.7. The largest absolute Gasteiger partial charge is 0.444 e. The van der Waals surface area contributed by atoms with Crippen LogP contribution in [0.15, 0.2) is 84.9 Å². The number of hydrogen-bond donors (Lipinski definition) is 6. The first-order chi connectivity index (χ1) is 21.0. The quantitative estimate of drug-likeness (QED) is 0.176. The fraction of sp³-hybridized carbons (Fsp3) is 0.382. The molecule has 0 radical (unpaired) electrons. The van der Waals surface area contributed by atoms with Crippen molar-refractivity contribution in [3.05, 3.63) is 107 Å². The second-order valence-corrected chi connectivity index (χ2v) is 12.0. The number of ether oxygens (including phenoxy) is 1. The van der Waals surface area contributed by atoms with Crippen LogP contribution in [0.2, 0.25) is 0 Å². The maximum absolute atomic E-state index is 13.4. The normalized spacial score (nSPS) is 17.0. The Kier molecular flexibility index (Phi) is 11.1. The van der Waals surface area contributed by atoms with Crippen LogP contribution in [0.4, 0.5) is 4.79 Å². The number of benzene rings is 3. The Morgan fingerprint density at radius 2 is 1.30 bits per heavy atom. The van der Waals surface area contributed by atoms with Gasteiger partial charge in [0.2, 0.25) is 5.91 Å². The van der Waals surface area contributed by atoms with Gasteiger partial charge in [-0.3, -0.25) is 9.59 Å². The summed E-state index contributed by atoms with van der Waals surface area (Å²) in [6, 6.07) is 23.7. The topological polar surface area (TPSA) is 149 Å². The van der Waals surface area contributed by atoms with E-state index in [4.69, 9.17) is 4.74 Å². The Labute approximate surface area is 258 Å². The first kappa shape index (κ1) is 32.7. The van der Waals surface area contributed by atoms with Crippen molar-refractivity contribution in [2.24, 2.45) is 0 Å². The molecule has 1 aliphatic rings. The van der Waals surface area contributed by atoms with E-state index in [1.807, 2.05) is 60.7 Å². The minimum atomic E-state index is -1.04. The van der Waals surface area contributed by atoms with Gasteiger partial charge in [-0.2, -0.15) is 0 Å². The number of amides is 3. The average molecular weight is 603 g/mol. The van der Waals surface area contributed by atoms with E-state index in [0.29, 0.717) is 24.0 Å². The summed E-state index contributed by atoms with van der Waals surface area (Å²) >= 11 is 0. The molecule has 0 fully saturated rings. The molecule has 5 atom stereocenters. The first-order valence-electron chi connectivity index (χ1n) is 14.8. The lowest BCUT2D eigenvalue weighted by Gasteiger charge is -2.29. The van der Waals surface area contributed by atoms with Crippen LogP contribution in [0.5, 0.6) is 0 Å². The Morgan fingerprint density at radius 1 is 0.795 bits per heavy atom. The number of alkyl carbamates (subject to hydrolysis) is 1. The maximum atomic E-state index is 13.4. The Morgan fingerprint density at radius 3 is 1.84 bits per heavy atom. The van der Waals surface area contributed by atoms with E-state index >= 15 is 0 Å². The molecule has 44 heavy (non-hydrogen) atoms. The van der Waals surface area contributed by atoms with Gasteiger partial charge in [-0.05, 0) is 56.4 Å². The van der Waals surface area contributed by atoms with Crippen LogP contribution in [-0.4, -0.2) is 71.1 Å². The van der Waals surface area contributed by atoms with Gasteiger partial charge in [0, 0.05) is 18.7 Å². The molecule has 1 aliphatic heterocycles. The summed E-state index contributed by atoms with van der Waals surface area (Å²) in [6.45, 7) is 5.40. The zero-order valence-electron chi connectivity index (χ0n) is 25.3. The van der Waals surface area contributed by atoms with Crippen molar-refractivity contribution in [3.8, 4) is 0 Å². The van der Waals surface area contributed by atoms with Crippen molar-refractivity contribution in [2.75, 3.05) is 13.1 Å². The molecule has 0 aliphatic carbocycles. The van der Waals surface area contributed by atoms with Crippen LogP contribution in [-0.2, 0) is 22.4 Å². The summed E-state index contributed by atoms with van der Waals surface area (Å²) in [7, 11) is 0. The van der Waals surface area contributed by atoms with Gasteiger partial charge in [0.15, 0.2) is 0 Å². The molecular weight excluding hydrogens is 560 g/mol. The lowest BCUT2D eigenvalue weighted by molar-refractivity contribution is -0.124. The highest BCUT2D eigenvalue weighted by atomic mass is 16.6. The lowest BCUT2D eigenvalue weighted by atomic mass is 9.99. The molecule has 3 aromatic carbocycles. The van der Waals surface area contributed by atoms with Gasteiger partial charge in [-0.15, -0.1) is 0 Å². The number of carbonyl (C=O) groups is 3. The van der Waals surface area contributed by atoms with E-state index in [1.54, 1.807) is 45.0 Å². The third kappa shape index (κ3) is 9.37. The summed E-state index contributed by atoms with van der Waals surface area (Å²) < 4.78 is 5.41. The third-order valence-corrected chi connectivity index (χ3v) is 7.32. The number of fused-ring (bicyclic) bond motifs is 1. The summed E-state index contributed by atoms with van der Waals surface area (Å²) in [6.07, 6.45) is -1.97. The fourth-order valence-electron chi connectivity index (χ4n) is 5.14. The van der Waals surface area contributed by atoms with Crippen LogP contribution < -0.4 is 21.3 Å². The molecule has 10 nitrogen and oxygen atoms in total. The molecule has 4 rings (SSSR count). The molecule has 3 aromatic rings. The van der Waals surface area contributed by atoms with Crippen molar-refractivity contribution in [2.45, 2.75) is 69.5 Å². The minimum Gasteiger partial charge on any atom is -0.444 e. The molecule has 234 valence electrons. The summed E-state index contributed by atoms with van der Waals surface area (Å²) in [4.78, 5) is 38.3. The Balaban J connectivity index is 1.40. The number of hydrogen-bond acceptors (Lipinski definition) is 7. The van der Waals surface area contributed by atoms with Gasteiger partial charge >= 0.3 is 6.09 Å². The standard InChI is InChI=1S/C34H42N4O6/c1-34(2,3)44-33(43)37-27(19-23-14-8-5-9-15-23)29(40)21-35-20-28(39)26(18-22-12-6-4-7-13-22)36-32(42)30-24-16-10-11-17-25(24)31(41)38-30/h4-17,26-30,35,39-40H,18-21H2,1-3H3,(H,36,42)(H,37,43)(H,38,41). The van der Waals surface area contributed by atoms with Crippen molar-refractivity contribution in [1.29, 1.82) is 0 Å². The van der Waals surface area contributed by atoms with Crippen LogP contribution in [0.3, 0.4) is 0 Å². The molecule has 6 N–H and O–H groups in total. The molecular formula is C34H42N4O6. The van der Waals surface area contributed by atoms with Gasteiger partial charge in [-0.25, -0.2) is 4.79 Å². The molecule has 0 saturated carbocycles. The molecule has 3 amide bonds. The Bertz CT molecular complexity index is 1400. The van der Waals surface area contributed by atoms with Crippen LogP contribution >= 0.6 is 0 Å². The van der Waals surface area contributed by atoms with Crippen molar-refractivity contribution in [3.63, 3.8) is 0 Å². The van der Waals surface area contributed by atoms with Gasteiger partial charge in [0.1, 0.15) is 11.6 Å². The SMILES string of the molecule is CC(C)(C)OC(=O)NC(Cc1ccccc1)C(O)CNCC(O)C(Cc1ccccc1)NC(=O)C1NC(=O)c2ccccc21. The Hall–Kier alpha value is -4.25. The number of carbonyl (C=O) groups excluding carboxylic acids is 3. The molecule has 0 bridgehead atoms. The summed E-state index contributed by atoms with van der Waals surface area (Å²) in [5.74, 6) is -0.741. The molecule has 0 saturated heterocycles. The summed E-state index contributed by atoms with van der Waals surface area (Å²) in [5.41, 5.74) is 2.19. The highest BCUT2D eigenvalue weighted by Gasteiger charge is 2.35. The smallest absolute Gasteiger partial charge is 0.407 e. The maximum Gasteiger partial charge on any atom is 0.407 e. The van der Waals surface area contributed by atoms with Gasteiger partial charge < -0.3 is 36.2 Å². The highest BCUT2D eigenvalue weighted by Crippen LogP contribution is 2.25. The molecule has 0 spiro atoms. The van der Waals surface area contributed by atoms with Gasteiger partial charge in [-0.1, -0.05) is 78.9 Å². The van der Waals surface area contributed by atoms with Crippen LogP contribution in [0.1, 0.15) is 53.9 Å². The summed E-state index contributed by atoms with van der Waals surface area (Å²) in [5, 5.41) is 33.8. The average Bonchev–Trinajstić information content (AvgIpc) is 3.33. The fourth-order valence-corrected chi connectivity index (χ4v) is 5.14. The van der Waals surface area contributed by atoms with E-state index in [0.717, 1.165) is 11.1 Å². The van der Waals surface area contributed by atoms with E-state index in [9.17, 15) is 24.6 Å². The van der Waals surface area contributed by atoms with Crippen LogP contribution in [0.25, 0.3) is 0 Å². The van der Waals surface area contributed by atoms with E-state index in [1.165, 1.54) is 0 Å². The second kappa shape index (κ2) is 15.0. The van der Waals surface area contributed by atoms with E-state index in [-0.39, 0.29) is 19.0 Å². The number of aliphatic hydroxyl groups is 2. The van der Waals surface area contributed by atoms with Gasteiger partial charge in [0.05, 0.1) is 24.3 Å². The lowest BCUT2D eigenvalue weighted by Crippen LogP contribution is -2.53. The zero-order valence-corrected chi connectivity index (χ0v) is 25.3. The van der Waals surface area contributed by atoms with Crippen LogP contribution in [0, 0.1) is 0 Å². The number of nitrogens with one attached hydrogen (secondary N) is 4. The first-order valence-corrected chi connectivity index (χ1v) is 14.8. The predicted octanol–water partition coefficient (Wildman–Crippen LogP) is 2.65. The minimum absolute atomic E-state index is 0.0486. The third-order valence-electron chi connectivity index (χ3n) is 7.32. The monoisotopic (exact) mass is 602 g/mol. The molecule has 1 heterocycles.